The van der Waals surface area contributed by atoms with E-state index in [4.69, 9.17) is 9.84 Å². The van der Waals surface area contributed by atoms with Crippen LogP contribution < -0.4 is 4.90 Å². The zero-order valence-corrected chi connectivity index (χ0v) is 28.2. The summed E-state index contributed by atoms with van der Waals surface area (Å²) >= 11 is 0. The lowest BCUT2D eigenvalue weighted by molar-refractivity contribution is -0.129. The number of alkyl halides is 2. The van der Waals surface area contributed by atoms with Crippen LogP contribution in [0.15, 0.2) is 30.5 Å². The highest BCUT2D eigenvalue weighted by Crippen LogP contribution is 2.43. The number of halogens is 2. The van der Waals surface area contributed by atoms with Crippen LogP contribution in [-0.2, 0) is 36.0 Å². The van der Waals surface area contributed by atoms with E-state index >= 15 is 0 Å². The molecular weight excluding hydrogens is 618 g/mol. The molecule has 0 N–H and O–H groups in total. The van der Waals surface area contributed by atoms with E-state index in [9.17, 15) is 18.4 Å². The molecule has 3 aliphatic heterocycles. The molecule has 0 unspecified atom stereocenters. The van der Waals surface area contributed by atoms with Gasteiger partial charge in [0.1, 0.15) is 5.60 Å². The van der Waals surface area contributed by atoms with Crippen molar-refractivity contribution >= 4 is 34.5 Å². The largest absolute Gasteiger partial charge is 0.444 e. The van der Waals surface area contributed by atoms with E-state index in [0.29, 0.717) is 80.4 Å². The van der Waals surface area contributed by atoms with Gasteiger partial charge in [-0.2, -0.15) is 5.10 Å². The Bertz CT molecular complexity index is 1890. The third kappa shape index (κ3) is 5.87. The number of ether oxygens (including phenoxy) is 1. The minimum Gasteiger partial charge on any atom is -0.444 e. The SMILES string of the molecule is CC(=O)N1CCc2c(c(N3CCCc4cc(-c5cc6ccn(C)c6nn5)c(C(F)F)cc43)nn2C2CCN(C(=O)OC(C)(C)C)CC2)C1. The number of anilines is 2. The van der Waals surface area contributed by atoms with Crippen molar-refractivity contribution in [2.45, 2.75) is 84.4 Å². The molecule has 1 fully saturated rings. The van der Waals surface area contributed by atoms with Crippen molar-refractivity contribution < 1.29 is 23.1 Å². The van der Waals surface area contributed by atoms with E-state index < -0.39 is 12.0 Å². The number of hydrogen-bond acceptors (Lipinski definition) is 7. The molecule has 0 saturated carbocycles. The highest BCUT2D eigenvalue weighted by molar-refractivity contribution is 5.83. The zero-order valence-electron chi connectivity index (χ0n) is 28.2. The summed E-state index contributed by atoms with van der Waals surface area (Å²) in [5, 5.41) is 14.7. The molecule has 48 heavy (non-hydrogen) atoms. The van der Waals surface area contributed by atoms with Crippen LogP contribution in [0.5, 0.6) is 0 Å². The summed E-state index contributed by atoms with van der Waals surface area (Å²) in [6.45, 7) is 9.88. The van der Waals surface area contributed by atoms with Gasteiger partial charge < -0.3 is 24.0 Å². The second kappa shape index (κ2) is 12.2. The van der Waals surface area contributed by atoms with Gasteiger partial charge in [0, 0.05) is 86.2 Å². The first-order valence-corrected chi connectivity index (χ1v) is 16.7. The smallest absolute Gasteiger partial charge is 0.410 e. The molecule has 0 spiro atoms. The number of carbonyl (C=O) groups is 2. The predicted molar refractivity (Wildman–Crippen MR) is 177 cm³/mol. The summed E-state index contributed by atoms with van der Waals surface area (Å²) in [5.41, 5.74) is 4.52. The quantitative estimate of drug-likeness (QED) is 0.252. The molecule has 4 aromatic rings. The van der Waals surface area contributed by atoms with E-state index in [2.05, 4.69) is 19.8 Å². The van der Waals surface area contributed by atoms with Crippen molar-refractivity contribution in [2.75, 3.05) is 31.1 Å². The lowest BCUT2D eigenvalue weighted by atomic mass is 9.93. The highest BCUT2D eigenvalue weighted by atomic mass is 19.3. The van der Waals surface area contributed by atoms with E-state index in [1.807, 2.05) is 61.7 Å². The van der Waals surface area contributed by atoms with Gasteiger partial charge in [-0.1, -0.05) is 0 Å². The molecule has 2 amide bonds. The summed E-state index contributed by atoms with van der Waals surface area (Å²) in [7, 11) is 1.87. The molecule has 1 aromatic carbocycles. The Balaban J connectivity index is 1.25. The van der Waals surface area contributed by atoms with Crippen LogP contribution in [0, 0.1) is 0 Å². The Morgan fingerprint density at radius 2 is 1.77 bits per heavy atom. The maximum absolute atomic E-state index is 14.8. The molecule has 3 aromatic heterocycles. The van der Waals surface area contributed by atoms with Gasteiger partial charge in [0.25, 0.3) is 6.43 Å². The molecule has 6 heterocycles. The fraction of sp³-hybridized carbons (Fsp3) is 0.514. The molecule has 0 atom stereocenters. The van der Waals surface area contributed by atoms with Crippen molar-refractivity contribution in [1.29, 1.82) is 0 Å². The van der Waals surface area contributed by atoms with Crippen LogP contribution in [0.1, 0.15) is 81.8 Å². The first kappa shape index (κ1) is 32.0. The number of carbonyl (C=O) groups excluding carboxylic acids is 2. The molecule has 3 aliphatic rings. The van der Waals surface area contributed by atoms with Crippen molar-refractivity contribution in [3.8, 4) is 11.3 Å². The van der Waals surface area contributed by atoms with Crippen molar-refractivity contribution in [3.05, 3.63) is 52.8 Å². The van der Waals surface area contributed by atoms with Crippen LogP contribution in [0.4, 0.5) is 25.1 Å². The third-order valence-electron chi connectivity index (χ3n) is 9.72. The van der Waals surface area contributed by atoms with Crippen LogP contribution in [0.2, 0.25) is 0 Å². The number of nitrogens with zero attached hydrogens (tertiary/aromatic N) is 8. The lowest BCUT2D eigenvalue weighted by Crippen LogP contribution is -2.42. The lowest BCUT2D eigenvalue weighted by Gasteiger charge is -2.34. The zero-order chi connectivity index (χ0) is 33.9. The van der Waals surface area contributed by atoms with Gasteiger partial charge in [0.05, 0.1) is 18.3 Å². The van der Waals surface area contributed by atoms with Gasteiger partial charge in [0.2, 0.25) is 5.91 Å². The molecule has 0 radical (unpaired) electrons. The van der Waals surface area contributed by atoms with E-state index in [0.717, 1.165) is 35.0 Å². The molecule has 13 heteroatoms. The van der Waals surface area contributed by atoms with Crippen molar-refractivity contribution in [2.24, 2.45) is 7.05 Å². The monoisotopic (exact) mass is 660 g/mol. The summed E-state index contributed by atoms with van der Waals surface area (Å²) in [5.74, 6) is 0.704. The number of likely N-dealkylation sites (tertiary alicyclic amines) is 1. The van der Waals surface area contributed by atoms with E-state index in [-0.39, 0.29) is 23.6 Å². The van der Waals surface area contributed by atoms with Crippen LogP contribution in [-0.4, -0.2) is 78.1 Å². The molecular formula is C35H42F2N8O3. The Kier molecular flexibility index (Phi) is 8.11. The number of benzene rings is 1. The number of aromatic nitrogens is 5. The summed E-state index contributed by atoms with van der Waals surface area (Å²) in [6.07, 6.45) is 2.46. The Morgan fingerprint density at radius 1 is 1.00 bits per heavy atom. The first-order valence-electron chi connectivity index (χ1n) is 16.7. The minimum atomic E-state index is -2.72. The van der Waals surface area contributed by atoms with E-state index in [1.54, 1.807) is 17.9 Å². The minimum absolute atomic E-state index is 0.00909. The van der Waals surface area contributed by atoms with Crippen LogP contribution in [0.3, 0.4) is 0 Å². The number of fused-ring (bicyclic) bond motifs is 3. The number of piperidine rings is 1. The molecule has 1 saturated heterocycles. The first-order chi connectivity index (χ1) is 22.9. The molecule has 0 bridgehead atoms. The number of hydrogen-bond donors (Lipinski definition) is 0. The third-order valence-corrected chi connectivity index (χ3v) is 9.72. The normalized spacial score (nSPS) is 17.2. The van der Waals surface area contributed by atoms with Gasteiger partial charge in [-0.25, -0.2) is 13.6 Å². The van der Waals surface area contributed by atoms with Gasteiger partial charge >= 0.3 is 6.09 Å². The van der Waals surface area contributed by atoms with Gasteiger partial charge in [0.15, 0.2) is 11.5 Å². The van der Waals surface area contributed by atoms with Crippen LogP contribution in [0.25, 0.3) is 22.3 Å². The summed E-state index contributed by atoms with van der Waals surface area (Å²) in [6, 6.07) is 7.23. The number of amides is 2. The summed E-state index contributed by atoms with van der Waals surface area (Å²) in [4.78, 5) is 30.9. The van der Waals surface area contributed by atoms with Crippen LogP contribution >= 0.6 is 0 Å². The maximum atomic E-state index is 14.8. The van der Waals surface area contributed by atoms with Gasteiger partial charge in [-0.3, -0.25) is 9.48 Å². The van der Waals surface area contributed by atoms with Gasteiger partial charge in [-0.05, 0) is 76.3 Å². The second-order valence-electron chi connectivity index (χ2n) is 14.1. The van der Waals surface area contributed by atoms with Gasteiger partial charge in [-0.15, -0.1) is 10.2 Å². The van der Waals surface area contributed by atoms with Crippen molar-refractivity contribution in [3.63, 3.8) is 0 Å². The number of rotatable bonds is 4. The fourth-order valence-corrected chi connectivity index (χ4v) is 7.30. The standard InChI is InChI=1S/C35H42F2N8O3/c1-21(46)43-16-11-29-27(20-43)33(40-45(29)24-9-14-42(15-10-24)34(47)48-35(2,3)4)44-12-6-7-22-17-25(26(31(36)37)19-30(22)44)28-18-23-8-13-41(5)32(23)39-38-28/h8,13,17-19,24,31H,6-7,9-12,14-16,20H2,1-5H3. The molecule has 11 nitrogen and oxygen atoms in total. The molecule has 0 aliphatic carbocycles. The maximum Gasteiger partial charge on any atom is 0.410 e. The Hall–Kier alpha value is -4.55. The highest BCUT2D eigenvalue weighted by Gasteiger charge is 2.35. The summed E-state index contributed by atoms with van der Waals surface area (Å²) < 4.78 is 39.1. The average molecular weight is 661 g/mol. The van der Waals surface area contributed by atoms with Crippen molar-refractivity contribution in [1.82, 2.24) is 34.3 Å². The predicted octanol–water partition coefficient (Wildman–Crippen LogP) is 6.33. The molecule has 254 valence electrons. The topological polar surface area (TPSA) is 102 Å². The number of aryl methyl sites for hydroxylation is 2. The second-order valence-corrected chi connectivity index (χ2v) is 14.1. The molecule has 7 rings (SSSR count). The average Bonchev–Trinajstić information content (AvgIpc) is 3.62. The Morgan fingerprint density at radius 3 is 2.48 bits per heavy atom. The van der Waals surface area contributed by atoms with E-state index in [1.165, 1.54) is 0 Å². The fourth-order valence-electron chi connectivity index (χ4n) is 7.30. The Labute approximate surface area is 278 Å².